The first-order valence-electron chi connectivity index (χ1n) is 9.85. The summed E-state index contributed by atoms with van der Waals surface area (Å²) in [5, 5.41) is 16.7. The number of rotatable bonds is 4. The van der Waals surface area contributed by atoms with Crippen LogP contribution in [-0.4, -0.2) is 34.0 Å². The van der Waals surface area contributed by atoms with Crippen LogP contribution in [0.1, 0.15) is 32.7 Å². The largest absolute Gasteiger partial charge is 0.371 e. The van der Waals surface area contributed by atoms with E-state index in [2.05, 4.69) is 23.0 Å². The molecule has 1 N–H and O–H groups in total. The second-order valence-electron chi connectivity index (χ2n) is 7.65. The predicted octanol–water partition coefficient (Wildman–Crippen LogP) is 4.26. The molecule has 1 unspecified atom stereocenters. The minimum absolute atomic E-state index is 0.424. The molecule has 146 valence electrons. The van der Waals surface area contributed by atoms with E-state index in [1.165, 1.54) is 18.5 Å². The molecule has 1 aromatic heterocycles. The van der Waals surface area contributed by atoms with E-state index in [4.69, 9.17) is 0 Å². The molecule has 0 radical (unpaired) electrons. The van der Waals surface area contributed by atoms with Crippen molar-refractivity contribution in [1.29, 1.82) is 0 Å². The predicted molar refractivity (Wildman–Crippen MR) is 111 cm³/mol. The molecule has 1 aliphatic heterocycles. The van der Waals surface area contributed by atoms with Crippen molar-refractivity contribution in [1.82, 2.24) is 9.78 Å². The number of amides is 1. The Hall–Kier alpha value is -2.86. The van der Waals surface area contributed by atoms with Crippen molar-refractivity contribution in [2.45, 2.75) is 32.7 Å². The summed E-state index contributed by atoms with van der Waals surface area (Å²) in [5.41, 5.74) is 2.47. The van der Waals surface area contributed by atoms with Gasteiger partial charge in [-0.15, -0.1) is 0 Å². The molecule has 1 amide bonds. The quantitative estimate of drug-likeness (QED) is 0.544. The highest BCUT2D eigenvalue weighted by Gasteiger charge is 2.24. The van der Waals surface area contributed by atoms with Crippen molar-refractivity contribution in [3.05, 3.63) is 54.7 Å². The van der Waals surface area contributed by atoms with Gasteiger partial charge in [-0.3, -0.25) is 14.7 Å². The summed E-state index contributed by atoms with van der Waals surface area (Å²) in [6.45, 7) is 6.13. The van der Waals surface area contributed by atoms with Gasteiger partial charge in [0.05, 0.1) is 11.2 Å². The maximum atomic E-state index is 12.7. The zero-order valence-electron chi connectivity index (χ0n) is 16.3. The molecule has 2 aromatic carbocycles. The monoisotopic (exact) mass is 378 g/mol. The van der Waals surface area contributed by atoms with Crippen LogP contribution in [0.25, 0.3) is 10.9 Å². The number of benzene rings is 2. The number of fused-ring (bicyclic) bond motifs is 1. The molecule has 0 spiro atoms. The molecule has 0 bridgehead atoms. The zero-order chi connectivity index (χ0) is 19.7. The minimum atomic E-state index is -0.619. The number of carbonyl (C=O) groups is 1. The number of carbonyl (C=O) groups excluding carboxylic acids is 1. The van der Waals surface area contributed by atoms with E-state index in [0.29, 0.717) is 10.8 Å². The Morgan fingerprint density at radius 3 is 2.57 bits per heavy atom. The fourth-order valence-electron chi connectivity index (χ4n) is 3.76. The van der Waals surface area contributed by atoms with Crippen molar-refractivity contribution < 1.29 is 10.0 Å². The van der Waals surface area contributed by atoms with E-state index in [1.54, 1.807) is 35.9 Å². The van der Waals surface area contributed by atoms with Crippen LogP contribution in [0.4, 0.5) is 11.4 Å². The Labute approximate surface area is 164 Å². The van der Waals surface area contributed by atoms with Crippen molar-refractivity contribution in [2.75, 3.05) is 23.1 Å². The summed E-state index contributed by atoms with van der Waals surface area (Å²) in [6.07, 6.45) is 4.30. The highest BCUT2D eigenvalue weighted by Crippen LogP contribution is 2.30. The van der Waals surface area contributed by atoms with Crippen LogP contribution in [0.15, 0.2) is 54.7 Å². The summed E-state index contributed by atoms with van der Waals surface area (Å²) < 4.78 is 1.65. The van der Waals surface area contributed by atoms with Gasteiger partial charge < -0.3 is 4.90 Å². The first-order chi connectivity index (χ1) is 13.5. The highest BCUT2D eigenvalue weighted by molar-refractivity contribution is 5.95. The maximum absolute atomic E-state index is 12.7. The molecule has 1 aliphatic rings. The van der Waals surface area contributed by atoms with E-state index >= 15 is 0 Å². The number of nitrogens with zero attached hydrogens (tertiary/aromatic N) is 4. The lowest BCUT2D eigenvalue weighted by Gasteiger charge is -2.32. The standard InChI is InChI=1S/C22H26N4O2/c1-16-11-13-24(14-12-16)21-10-6-9-20-19(21)15-25(23-20)17(2)22(27)26(28)18-7-4-3-5-8-18/h3-10,15-17,28H,11-14H2,1-2H3. The summed E-state index contributed by atoms with van der Waals surface area (Å²) in [5.74, 6) is 0.344. The van der Waals surface area contributed by atoms with Crippen molar-refractivity contribution in [3.8, 4) is 0 Å². The molecule has 3 aromatic rings. The van der Waals surface area contributed by atoms with Crippen LogP contribution in [-0.2, 0) is 4.79 Å². The van der Waals surface area contributed by atoms with Gasteiger partial charge in [0.25, 0.3) is 5.91 Å². The summed E-state index contributed by atoms with van der Waals surface area (Å²) >= 11 is 0. The fourth-order valence-corrected chi connectivity index (χ4v) is 3.76. The van der Waals surface area contributed by atoms with Gasteiger partial charge in [0.15, 0.2) is 0 Å². The molecule has 1 fully saturated rings. The molecule has 6 heteroatoms. The number of piperidine rings is 1. The third-order valence-electron chi connectivity index (χ3n) is 5.63. The number of para-hydroxylation sites is 1. The van der Waals surface area contributed by atoms with Crippen LogP contribution >= 0.6 is 0 Å². The van der Waals surface area contributed by atoms with Crippen LogP contribution in [0.3, 0.4) is 0 Å². The SMILES string of the molecule is CC1CCN(c2cccc3nn(C(C)C(=O)N(O)c4ccccc4)cc23)CC1. The maximum Gasteiger partial charge on any atom is 0.275 e. The summed E-state index contributed by atoms with van der Waals surface area (Å²) in [6, 6.07) is 14.3. The first-order valence-corrected chi connectivity index (χ1v) is 9.85. The molecule has 1 atom stereocenters. The second-order valence-corrected chi connectivity index (χ2v) is 7.65. The molecule has 0 aliphatic carbocycles. The van der Waals surface area contributed by atoms with Gasteiger partial charge in [-0.2, -0.15) is 10.2 Å². The lowest BCUT2D eigenvalue weighted by Crippen LogP contribution is -2.33. The first kappa shape index (κ1) is 18.5. The third kappa shape index (κ3) is 3.47. The molecule has 6 nitrogen and oxygen atoms in total. The lowest BCUT2D eigenvalue weighted by molar-refractivity contribution is -0.126. The topological polar surface area (TPSA) is 61.6 Å². The number of aromatic nitrogens is 2. The number of hydrogen-bond donors (Lipinski definition) is 1. The van der Waals surface area contributed by atoms with Crippen molar-refractivity contribution in [3.63, 3.8) is 0 Å². The van der Waals surface area contributed by atoms with Gasteiger partial charge in [0.2, 0.25) is 0 Å². The Kier molecular flexibility index (Phi) is 5.05. The van der Waals surface area contributed by atoms with Gasteiger partial charge in [-0.25, -0.2) is 0 Å². The van der Waals surface area contributed by atoms with Crippen LogP contribution in [0, 0.1) is 5.92 Å². The highest BCUT2D eigenvalue weighted by atomic mass is 16.5. The number of hydroxylamine groups is 1. The molecular weight excluding hydrogens is 352 g/mol. The molecular formula is C22H26N4O2. The lowest BCUT2D eigenvalue weighted by atomic mass is 9.98. The van der Waals surface area contributed by atoms with Gasteiger partial charge in [-0.1, -0.05) is 31.2 Å². The van der Waals surface area contributed by atoms with Crippen molar-refractivity contribution in [2.24, 2.45) is 5.92 Å². The number of hydrogen-bond acceptors (Lipinski definition) is 4. The van der Waals surface area contributed by atoms with Gasteiger partial charge in [-0.05, 0) is 49.9 Å². The minimum Gasteiger partial charge on any atom is -0.371 e. The van der Waals surface area contributed by atoms with E-state index in [9.17, 15) is 10.0 Å². The van der Waals surface area contributed by atoms with E-state index < -0.39 is 11.9 Å². The average molecular weight is 378 g/mol. The second kappa shape index (κ2) is 7.64. The molecule has 4 rings (SSSR count). The molecule has 0 saturated carbocycles. The van der Waals surface area contributed by atoms with E-state index in [0.717, 1.165) is 29.9 Å². The Bertz CT molecular complexity index is 961. The normalized spacial score (nSPS) is 16.3. The van der Waals surface area contributed by atoms with Crippen LogP contribution < -0.4 is 9.96 Å². The average Bonchev–Trinajstić information content (AvgIpc) is 3.18. The summed E-state index contributed by atoms with van der Waals surface area (Å²) in [4.78, 5) is 15.2. The number of anilines is 2. The van der Waals surface area contributed by atoms with Crippen LogP contribution in [0.5, 0.6) is 0 Å². The Morgan fingerprint density at radius 2 is 1.86 bits per heavy atom. The zero-order valence-corrected chi connectivity index (χ0v) is 16.3. The van der Waals surface area contributed by atoms with E-state index in [-0.39, 0.29) is 0 Å². The van der Waals surface area contributed by atoms with E-state index in [1.807, 2.05) is 24.4 Å². The summed E-state index contributed by atoms with van der Waals surface area (Å²) in [7, 11) is 0. The van der Waals surface area contributed by atoms with Gasteiger partial charge in [0.1, 0.15) is 6.04 Å². The van der Waals surface area contributed by atoms with Crippen molar-refractivity contribution >= 4 is 28.2 Å². The third-order valence-corrected chi connectivity index (χ3v) is 5.63. The van der Waals surface area contributed by atoms with Gasteiger partial charge >= 0.3 is 0 Å². The smallest absolute Gasteiger partial charge is 0.275 e. The fraction of sp³-hybridized carbons (Fsp3) is 0.364. The Morgan fingerprint density at radius 1 is 1.14 bits per heavy atom. The molecule has 2 heterocycles. The van der Waals surface area contributed by atoms with Gasteiger partial charge in [0, 0.05) is 30.4 Å². The molecule has 28 heavy (non-hydrogen) atoms. The Balaban J connectivity index is 1.61. The van der Waals surface area contributed by atoms with Crippen LogP contribution in [0.2, 0.25) is 0 Å². The molecule has 1 saturated heterocycles.